The number of amides is 2. The fourth-order valence-electron chi connectivity index (χ4n) is 2.98. The summed E-state index contributed by atoms with van der Waals surface area (Å²) < 4.78 is 7.24. The number of piperazine rings is 1. The summed E-state index contributed by atoms with van der Waals surface area (Å²) in [5, 5.41) is 0. The van der Waals surface area contributed by atoms with Gasteiger partial charge in [-0.3, -0.25) is 4.90 Å². The second-order valence-electron chi connectivity index (χ2n) is 6.34. The number of rotatable bonds is 7. The van der Waals surface area contributed by atoms with Crippen molar-refractivity contribution in [2.75, 3.05) is 50.2 Å². The highest BCUT2D eigenvalue weighted by Gasteiger charge is 2.27. The predicted octanol–water partition coefficient (Wildman–Crippen LogP) is 3.97. The predicted molar refractivity (Wildman–Crippen MR) is 111 cm³/mol. The highest BCUT2D eigenvalue weighted by atomic mass is 32.2. The number of carbonyl (C=O) groups excluding carboxylic acids is 1. The summed E-state index contributed by atoms with van der Waals surface area (Å²) >= 11 is 1.47. The Morgan fingerprint density at radius 3 is 2.26 bits per heavy atom. The van der Waals surface area contributed by atoms with Crippen molar-refractivity contribution in [2.45, 2.75) is 11.8 Å². The van der Waals surface area contributed by atoms with E-state index in [9.17, 15) is 4.79 Å². The number of ether oxygens (including phenoxy) is 1. The van der Waals surface area contributed by atoms with E-state index in [1.54, 1.807) is 4.31 Å². The largest absolute Gasteiger partial charge is 0.380 e. The van der Waals surface area contributed by atoms with E-state index in [1.165, 1.54) is 11.9 Å². The quantitative estimate of drug-likeness (QED) is 0.534. The van der Waals surface area contributed by atoms with Crippen LogP contribution in [0.2, 0.25) is 0 Å². The highest BCUT2D eigenvalue weighted by molar-refractivity contribution is 8.01. The first-order valence-corrected chi connectivity index (χ1v) is 10.2. The van der Waals surface area contributed by atoms with Crippen LogP contribution in [0.1, 0.15) is 6.92 Å². The van der Waals surface area contributed by atoms with E-state index in [2.05, 4.69) is 4.90 Å². The van der Waals surface area contributed by atoms with Gasteiger partial charge in [-0.15, -0.1) is 0 Å². The van der Waals surface area contributed by atoms with Crippen molar-refractivity contribution in [3.63, 3.8) is 0 Å². The van der Waals surface area contributed by atoms with E-state index >= 15 is 0 Å². The van der Waals surface area contributed by atoms with Gasteiger partial charge in [0.2, 0.25) is 0 Å². The van der Waals surface area contributed by atoms with Gasteiger partial charge in [-0.25, -0.2) is 9.10 Å². The summed E-state index contributed by atoms with van der Waals surface area (Å²) in [4.78, 5) is 18.6. The van der Waals surface area contributed by atoms with Crippen LogP contribution in [0, 0.1) is 0 Å². The minimum Gasteiger partial charge on any atom is -0.380 e. The van der Waals surface area contributed by atoms with Crippen LogP contribution in [0.4, 0.5) is 10.5 Å². The molecule has 0 unspecified atom stereocenters. The Hall–Kier alpha value is -2.02. The van der Waals surface area contributed by atoms with E-state index in [1.807, 2.05) is 72.5 Å². The van der Waals surface area contributed by atoms with Crippen molar-refractivity contribution in [3.05, 3.63) is 60.7 Å². The van der Waals surface area contributed by atoms with E-state index in [-0.39, 0.29) is 6.03 Å². The SMILES string of the molecule is CCOCCN1CCN(C(=O)N(Sc2ccccc2)c2ccccc2)CC1. The van der Waals surface area contributed by atoms with Crippen LogP contribution >= 0.6 is 11.9 Å². The molecule has 0 aliphatic carbocycles. The monoisotopic (exact) mass is 385 g/mol. The van der Waals surface area contributed by atoms with Crippen LogP contribution in [-0.4, -0.2) is 61.8 Å². The maximum Gasteiger partial charge on any atom is 0.335 e. The Balaban J connectivity index is 1.65. The lowest BCUT2D eigenvalue weighted by atomic mass is 10.3. The molecule has 1 fully saturated rings. The van der Waals surface area contributed by atoms with Crippen molar-refractivity contribution in [2.24, 2.45) is 0 Å². The van der Waals surface area contributed by atoms with Crippen molar-refractivity contribution >= 4 is 23.7 Å². The van der Waals surface area contributed by atoms with Gasteiger partial charge in [0.1, 0.15) is 0 Å². The zero-order valence-corrected chi connectivity index (χ0v) is 16.6. The molecule has 0 bridgehead atoms. The average molecular weight is 386 g/mol. The van der Waals surface area contributed by atoms with Crippen molar-refractivity contribution < 1.29 is 9.53 Å². The Kier molecular flexibility index (Phi) is 7.56. The summed E-state index contributed by atoms with van der Waals surface area (Å²) in [5.41, 5.74) is 0.898. The summed E-state index contributed by atoms with van der Waals surface area (Å²) in [6.45, 7) is 7.70. The van der Waals surface area contributed by atoms with Gasteiger partial charge in [0.25, 0.3) is 0 Å². The zero-order valence-electron chi connectivity index (χ0n) is 15.8. The number of carbonyl (C=O) groups is 1. The van der Waals surface area contributed by atoms with Gasteiger partial charge >= 0.3 is 6.03 Å². The summed E-state index contributed by atoms with van der Waals surface area (Å²) in [6.07, 6.45) is 0. The minimum absolute atomic E-state index is 0.0412. The molecule has 6 heteroatoms. The summed E-state index contributed by atoms with van der Waals surface area (Å²) in [6, 6.07) is 19.9. The molecule has 1 saturated heterocycles. The van der Waals surface area contributed by atoms with Crippen LogP contribution in [0.5, 0.6) is 0 Å². The van der Waals surface area contributed by atoms with Gasteiger partial charge in [-0.1, -0.05) is 36.4 Å². The van der Waals surface area contributed by atoms with Crippen LogP contribution in [0.3, 0.4) is 0 Å². The molecule has 2 amide bonds. The fraction of sp³-hybridized carbons (Fsp3) is 0.381. The first kappa shape index (κ1) is 19.7. The molecule has 1 aliphatic rings. The lowest BCUT2D eigenvalue weighted by Gasteiger charge is -2.37. The van der Waals surface area contributed by atoms with Gasteiger partial charge in [0, 0.05) is 44.2 Å². The zero-order chi connectivity index (χ0) is 18.9. The molecule has 0 radical (unpaired) electrons. The Labute approximate surface area is 166 Å². The van der Waals surface area contributed by atoms with E-state index in [0.29, 0.717) is 0 Å². The minimum atomic E-state index is 0.0412. The normalized spacial score (nSPS) is 14.9. The van der Waals surface area contributed by atoms with Gasteiger partial charge in [-0.2, -0.15) is 0 Å². The number of anilines is 1. The Morgan fingerprint density at radius 2 is 1.63 bits per heavy atom. The number of benzene rings is 2. The first-order chi connectivity index (χ1) is 13.3. The van der Waals surface area contributed by atoms with Crippen LogP contribution in [-0.2, 0) is 4.74 Å². The van der Waals surface area contributed by atoms with Crippen LogP contribution in [0.25, 0.3) is 0 Å². The average Bonchev–Trinajstić information content (AvgIpc) is 2.74. The second kappa shape index (κ2) is 10.3. The molecule has 3 rings (SSSR count). The number of para-hydroxylation sites is 1. The molecule has 1 heterocycles. The molecule has 0 atom stereocenters. The van der Waals surface area contributed by atoms with E-state index < -0.39 is 0 Å². The topological polar surface area (TPSA) is 36.0 Å². The second-order valence-corrected chi connectivity index (χ2v) is 7.36. The molecule has 0 N–H and O–H groups in total. The lowest BCUT2D eigenvalue weighted by molar-refractivity contribution is 0.0897. The van der Waals surface area contributed by atoms with Gasteiger partial charge < -0.3 is 9.64 Å². The molecule has 144 valence electrons. The highest BCUT2D eigenvalue weighted by Crippen LogP contribution is 2.30. The van der Waals surface area contributed by atoms with Crippen molar-refractivity contribution in [1.82, 2.24) is 9.80 Å². The van der Waals surface area contributed by atoms with Gasteiger partial charge in [0.15, 0.2) is 0 Å². The third-order valence-electron chi connectivity index (χ3n) is 4.50. The van der Waals surface area contributed by atoms with Crippen LogP contribution in [0.15, 0.2) is 65.6 Å². The smallest absolute Gasteiger partial charge is 0.335 e. The number of urea groups is 1. The van der Waals surface area contributed by atoms with Crippen LogP contribution < -0.4 is 4.31 Å². The van der Waals surface area contributed by atoms with Crippen molar-refractivity contribution in [1.29, 1.82) is 0 Å². The number of nitrogens with zero attached hydrogens (tertiary/aromatic N) is 3. The molecule has 2 aromatic carbocycles. The number of hydrogen-bond acceptors (Lipinski definition) is 4. The van der Waals surface area contributed by atoms with Crippen molar-refractivity contribution in [3.8, 4) is 0 Å². The Bertz CT molecular complexity index is 691. The van der Waals surface area contributed by atoms with E-state index in [4.69, 9.17) is 4.74 Å². The third kappa shape index (κ3) is 5.73. The molecule has 0 saturated carbocycles. The molecular weight excluding hydrogens is 358 g/mol. The molecule has 1 aliphatic heterocycles. The molecule has 0 aromatic heterocycles. The summed E-state index contributed by atoms with van der Waals surface area (Å²) in [7, 11) is 0. The fourth-order valence-corrected chi connectivity index (χ4v) is 3.89. The molecule has 0 spiro atoms. The maximum atomic E-state index is 13.3. The number of hydrogen-bond donors (Lipinski definition) is 0. The molecule has 5 nitrogen and oxygen atoms in total. The Morgan fingerprint density at radius 1 is 1.00 bits per heavy atom. The van der Waals surface area contributed by atoms with Gasteiger partial charge in [-0.05, 0) is 43.1 Å². The van der Waals surface area contributed by atoms with Gasteiger partial charge in [0.05, 0.1) is 12.3 Å². The maximum absolute atomic E-state index is 13.3. The molecule has 27 heavy (non-hydrogen) atoms. The first-order valence-electron chi connectivity index (χ1n) is 9.45. The molecular formula is C21H27N3O2S. The standard InChI is InChI=1S/C21H27N3O2S/c1-2-26-18-17-22-13-15-23(16-14-22)21(25)24(19-9-5-3-6-10-19)27-20-11-7-4-8-12-20/h3-12H,2,13-18H2,1H3. The van der Waals surface area contributed by atoms with E-state index in [0.717, 1.165) is 56.5 Å². The summed E-state index contributed by atoms with van der Waals surface area (Å²) in [5.74, 6) is 0. The molecule has 2 aromatic rings. The third-order valence-corrected chi connectivity index (χ3v) is 5.54. The lowest BCUT2D eigenvalue weighted by Crippen LogP contribution is -2.52.